The van der Waals surface area contributed by atoms with Crippen LogP contribution in [0, 0.1) is 6.92 Å². The number of hydrogen-bond donors (Lipinski definition) is 2. The minimum Gasteiger partial charge on any atom is -0.484 e. The summed E-state index contributed by atoms with van der Waals surface area (Å²) in [6.45, 7) is 2.36. The Morgan fingerprint density at radius 1 is 1.21 bits per heavy atom. The molecule has 6 nitrogen and oxygen atoms in total. The van der Waals surface area contributed by atoms with Crippen molar-refractivity contribution in [2.45, 2.75) is 32.7 Å². The number of ether oxygens (including phenoxy) is 2. The highest BCUT2D eigenvalue weighted by Gasteiger charge is 2.28. The number of aryl methyl sites for hydroxylation is 1. The minimum absolute atomic E-state index is 0.205. The van der Waals surface area contributed by atoms with Gasteiger partial charge in [0.25, 0.3) is 0 Å². The number of nitrogens with one attached hydrogen (secondary N) is 2. The summed E-state index contributed by atoms with van der Waals surface area (Å²) in [5.74, 6) is 1.52. The van der Waals surface area contributed by atoms with Crippen molar-refractivity contribution in [3.63, 3.8) is 0 Å². The van der Waals surface area contributed by atoms with E-state index in [0.717, 1.165) is 17.7 Å². The summed E-state index contributed by atoms with van der Waals surface area (Å²) in [7, 11) is 1.62. The molecule has 2 rings (SSSR count). The molecule has 0 bridgehead atoms. The molecule has 0 atom stereocenters. The Labute approximate surface area is 168 Å². The van der Waals surface area contributed by atoms with Gasteiger partial charge in [-0.05, 0) is 37.1 Å². The molecule has 0 saturated carbocycles. The molecule has 0 aliphatic heterocycles. The number of benzene rings is 1. The zero-order valence-electron chi connectivity index (χ0n) is 16.5. The van der Waals surface area contributed by atoms with Gasteiger partial charge in [-0.25, -0.2) is 0 Å². The molecule has 0 fully saturated rings. The second kappa shape index (κ2) is 11.4. The van der Waals surface area contributed by atoms with Crippen molar-refractivity contribution < 1.29 is 27.1 Å². The number of guanidine groups is 1. The van der Waals surface area contributed by atoms with Crippen LogP contribution in [-0.4, -0.2) is 38.9 Å². The van der Waals surface area contributed by atoms with Crippen LogP contribution in [0.3, 0.4) is 0 Å². The van der Waals surface area contributed by atoms with Crippen LogP contribution in [0.2, 0.25) is 0 Å². The SMILES string of the molecule is CN=C(NCCCOCc1ccco1)NCc1ccc(C)cc1OCC(F)(F)F. The zero-order chi connectivity index (χ0) is 21.1. The number of alkyl halides is 3. The molecule has 0 amide bonds. The quantitative estimate of drug-likeness (QED) is 0.352. The molecule has 9 heteroatoms. The maximum absolute atomic E-state index is 12.5. The first-order chi connectivity index (χ1) is 13.9. The summed E-state index contributed by atoms with van der Waals surface area (Å²) in [4.78, 5) is 4.11. The average molecular weight is 413 g/mol. The van der Waals surface area contributed by atoms with E-state index >= 15 is 0 Å². The molecule has 0 radical (unpaired) electrons. The Morgan fingerprint density at radius 2 is 2.03 bits per heavy atom. The predicted molar refractivity (Wildman–Crippen MR) is 104 cm³/mol. The van der Waals surface area contributed by atoms with Crippen LogP contribution in [0.25, 0.3) is 0 Å². The first-order valence-corrected chi connectivity index (χ1v) is 9.21. The van der Waals surface area contributed by atoms with Gasteiger partial charge in [0, 0.05) is 32.3 Å². The van der Waals surface area contributed by atoms with Crippen molar-refractivity contribution in [3.05, 3.63) is 53.5 Å². The van der Waals surface area contributed by atoms with Gasteiger partial charge in [0.15, 0.2) is 12.6 Å². The van der Waals surface area contributed by atoms with Crippen LogP contribution in [0.5, 0.6) is 5.75 Å². The number of aliphatic imine (C=N–C) groups is 1. The lowest BCUT2D eigenvalue weighted by atomic mass is 10.1. The van der Waals surface area contributed by atoms with E-state index in [1.165, 1.54) is 0 Å². The van der Waals surface area contributed by atoms with Crippen LogP contribution in [0.4, 0.5) is 13.2 Å². The molecule has 160 valence electrons. The van der Waals surface area contributed by atoms with Gasteiger partial charge < -0.3 is 24.5 Å². The minimum atomic E-state index is -4.38. The lowest BCUT2D eigenvalue weighted by molar-refractivity contribution is -0.153. The second-order valence-corrected chi connectivity index (χ2v) is 6.35. The maximum Gasteiger partial charge on any atom is 0.422 e. The van der Waals surface area contributed by atoms with Crippen molar-refractivity contribution in [1.82, 2.24) is 10.6 Å². The molecule has 0 spiro atoms. The van der Waals surface area contributed by atoms with Gasteiger partial charge in [0.1, 0.15) is 18.1 Å². The Balaban J connectivity index is 1.74. The summed E-state index contributed by atoms with van der Waals surface area (Å²) in [5.41, 5.74) is 1.44. The number of halogens is 3. The van der Waals surface area contributed by atoms with Crippen LogP contribution < -0.4 is 15.4 Å². The maximum atomic E-state index is 12.5. The van der Waals surface area contributed by atoms with Crippen molar-refractivity contribution in [1.29, 1.82) is 0 Å². The fourth-order valence-electron chi connectivity index (χ4n) is 2.45. The van der Waals surface area contributed by atoms with E-state index in [9.17, 15) is 13.2 Å². The summed E-state index contributed by atoms with van der Waals surface area (Å²) in [6.07, 6.45) is -2.03. The molecule has 0 aliphatic carbocycles. The molecule has 0 unspecified atom stereocenters. The van der Waals surface area contributed by atoms with E-state index in [4.69, 9.17) is 13.9 Å². The van der Waals surface area contributed by atoms with E-state index in [2.05, 4.69) is 15.6 Å². The van der Waals surface area contributed by atoms with E-state index in [1.807, 2.05) is 18.2 Å². The summed E-state index contributed by atoms with van der Waals surface area (Å²) in [5, 5.41) is 6.21. The van der Waals surface area contributed by atoms with Crippen molar-refractivity contribution >= 4 is 5.96 Å². The highest BCUT2D eigenvalue weighted by molar-refractivity contribution is 5.79. The third kappa shape index (κ3) is 8.91. The normalized spacial score (nSPS) is 12.1. The first kappa shape index (κ1) is 22.6. The Hall–Kier alpha value is -2.68. The van der Waals surface area contributed by atoms with Crippen LogP contribution >= 0.6 is 0 Å². The molecule has 1 aromatic heterocycles. The lowest BCUT2D eigenvalue weighted by Crippen LogP contribution is -2.37. The van der Waals surface area contributed by atoms with E-state index in [1.54, 1.807) is 32.4 Å². The topological polar surface area (TPSA) is 68.0 Å². The second-order valence-electron chi connectivity index (χ2n) is 6.35. The van der Waals surface area contributed by atoms with Gasteiger partial charge >= 0.3 is 6.18 Å². The highest BCUT2D eigenvalue weighted by Crippen LogP contribution is 2.23. The Morgan fingerprint density at radius 3 is 2.72 bits per heavy atom. The van der Waals surface area contributed by atoms with E-state index < -0.39 is 12.8 Å². The third-order valence-electron chi connectivity index (χ3n) is 3.87. The summed E-state index contributed by atoms with van der Waals surface area (Å²) in [6, 6.07) is 8.81. The first-order valence-electron chi connectivity index (χ1n) is 9.21. The monoisotopic (exact) mass is 413 g/mol. The van der Waals surface area contributed by atoms with Crippen LogP contribution in [-0.2, 0) is 17.9 Å². The zero-order valence-corrected chi connectivity index (χ0v) is 16.5. The molecule has 1 heterocycles. The van der Waals surface area contributed by atoms with Gasteiger partial charge in [0.2, 0.25) is 0 Å². The summed E-state index contributed by atoms with van der Waals surface area (Å²) >= 11 is 0. The van der Waals surface area contributed by atoms with Gasteiger partial charge in [0.05, 0.1) is 6.26 Å². The molecular formula is C20H26F3N3O3. The smallest absolute Gasteiger partial charge is 0.422 e. The largest absolute Gasteiger partial charge is 0.484 e. The molecule has 29 heavy (non-hydrogen) atoms. The predicted octanol–water partition coefficient (Wildman–Crippen LogP) is 3.80. The Bertz CT molecular complexity index is 762. The standard InChI is InChI=1S/C20H26F3N3O3/c1-15-6-7-16(18(11-15)29-14-20(21,22)23)12-26-19(24-2)25-8-4-9-27-13-17-5-3-10-28-17/h3,5-7,10-11H,4,8-9,12-14H2,1-2H3,(H2,24,25,26). The van der Waals surface area contributed by atoms with Crippen LogP contribution in [0.15, 0.2) is 46.0 Å². The molecular weight excluding hydrogens is 387 g/mol. The molecule has 0 saturated heterocycles. The van der Waals surface area contributed by atoms with Crippen molar-refractivity contribution in [2.75, 3.05) is 26.8 Å². The molecule has 1 aromatic carbocycles. The van der Waals surface area contributed by atoms with Crippen LogP contribution in [0.1, 0.15) is 23.3 Å². The average Bonchev–Trinajstić information content (AvgIpc) is 3.19. The van der Waals surface area contributed by atoms with Gasteiger partial charge in [-0.1, -0.05) is 12.1 Å². The number of rotatable bonds is 10. The molecule has 0 aliphatic rings. The summed E-state index contributed by atoms with van der Waals surface area (Å²) < 4.78 is 53.0. The number of hydrogen-bond acceptors (Lipinski definition) is 4. The fourth-order valence-corrected chi connectivity index (χ4v) is 2.45. The fraction of sp³-hybridized carbons (Fsp3) is 0.450. The van der Waals surface area contributed by atoms with Crippen molar-refractivity contribution in [3.8, 4) is 5.75 Å². The van der Waals surface area contributed by atoms with E-state index in [-0.39, 0.29) is 12.3 Å². The van der Waals surface area contributed by atoms with Gasteiger partial charge in [-0.3, -0.25) is 4.99 Å². The van der Waals surface area contributed by atoms with Crippen molar-refractivity contribution in [2.24, 2.45) is 4.99 Å². The number of nitrogens with zero attached hydrogens (tertiary/aromatic N) is 1. The molecule has 2 aromatic rings. The van der Waals surface area contributed by atoms with Gasteiger partial charge in [-0.15, -0.1) is 0 Å². The number of furan rings is 1. The van der Waals surface area contributed by atoms with E-state index in [0.29, 0.717) is 31.3 Å². The molecule has 2 N–H and O–H groups in total. The van der Waals surface area contributed by atoms with Gasteiger partial charge in [-0.2, -0.15) is 13.2 Å². The Kier molecular flexibility index (Phi) is 8.85. The third-order valence-corrected chi connectivity index (χ3v) is 3.87. The highest BCUT2D eigenvalue weighted by atomic mass is 19.4. The lowest BCUT2D eigenvalue weighted by Gasteiger charge is -2.16.